The molecule has 4 rings (SSSR count). The molecule has 4 aromatic rings. The van der Waals surface area contributed by atoms with Gasteiger partial charge in [-0.25, -0.2) is 0 Å². The summed E-state index contributed by atoms with van der Waals surface area (Å²) in [4.78, 5) is 4.14. The number of para-hydroxylation sites is 1. The highest BCUT2D eigenvalue weighted by Gasteiger charge is 2.15. The highest BCUT2D eigenvalue weighted by atomic mass is 16.5. The Kier molecular flexibility index (Phi) is 4.58. The average Bonchev–Trinajstić information content (AvgIpc) is 3.38. The Bertz CT molecular complexity index is 1050. The number of nitrogens with zero attached hydrogens (tertiary/aromatic N) is 2. The van der Waals surface area contributed by atoms with E-state index in [4.69, 9.17) is 13.6 Å². The predicted octanol–water partition coefficient (Wildman–Crippen LogP) is 5.21. The van der Waals surface area contributed by atoms with Crippen molar-refractivity contribution in [3.8, 4) is 29.2 Å². The van der Waals surface area contributed by atoms with Gasteiger partial charge < -0.3 is 18.9 Å². The zero-order valence-corrected chi connectivity index (χ0v) is 14.3. The van der Waals surface area contributed by atoms with Crippen LogP contribution in [0.2, 0.25) is 0 Å². The van der Waals surface area contributed by atoms with Crippen LogP contribution in [0, 0.1) is 11.3 Å². The van der Waals surface area contributed by atoms with Crippen molar-refractivity contribution in [2.45, 2.75) is 6.54 Å². The minimum absolute atomic E-state index is 0.186. The minimum Gasteiger partial charge on any atom is -0.459 e. The van der Waals surface area contributed by atoms with E-state index in [1.54, 1.807) is 12.1 Å². The van der Waals surface area contributed by atoms with E-state index < -0.39 is 0 Å². The largest absolute Gasteiger partial charge is 0.459 e. The molecule has 0 bridgehead atoms. The first-order valence-electron chi connectivity index (χ1n) is 8.32. The van der Waals surface area contributed by atoms with Crippen LogP contribution in [0.1, 0.15) is 11.3 Å². The van der Waals surface area contributed by atoms with Gasteiger partial charge in [0.25, 0.3) is 5.89 Å². The molecule has 1 N–H and O–H groups in total. The molecular formula is C21H15N3O3. The Hall–Kier alpha value is -3.98. The maximum Gasteiger partial charge on any atom is 0.266 e. The zero-order chi connectivity index (χ0) is 18.5. The molecule has 6 nitrogen and oxygen atoms in total. The minimum atomic E-state index is 0.186. The molecule has 0 aliphatic rings. The lowest BCUT2D eigenvalue weighted by Gasteiger charge is -2.07. The molecule has 0 unspecified atom stereocenters. The van der Waals surface area contributed by atoms with Crippen LogP contribution >= 0.6 is 0 Å². The number of rotatable bonds is 6. The number of oxazole rings is 1. The van der Waals surface area contributed by atoms with E-state index in [9.17, 15) is 5.26 Å². The molecule has 132 valence electrons. The summed E-state index contributed by atoms with van der Waals surface area (Å²) in [6.45, 7) is 0.479. The first-order valence-corrected chi connectivity index (χ1v) is 8.32. The van der Waals surface area contributed by atoms with E-state index in [0.29, 0.717) is 18.2 Å². The zero-order valence-electron chi connectivity index (χ0n) is 14.3. The van der Waals surface area contributed by atoms with Crippen molar-refractivity contribution in [2.75, 3.05) is 5.32 Å². The van der Waals surface area contributed by atoms with Gasteiger partial charge in [0.15, 0.2) is 5.76 Å². The van der Waals surface area contributed by atoms with Crippen LogP contribution < -0.4 is 10.1 Å². The molecule has 6 heteroatoms. The fourth-order valence-electron chi connectivity index (χ4n) is 2.50. The highest BCUT2D eigenvalue weighted by Crippen LogP contribution is 2.26. The SMILES string of the molecule is N#Cc1nc(-c2ccco2)oc1NCc1ccc(Oc2ccccc2)cc1. The lowest BCUT2D eigenvalue weighted by atomic mass is 10.2. The first kappa shape index (κ1) is 16.5. The smallest absolute Gasteiger partial charge is 0.266 e. The van der Waals surface area contributed by atoms with Crippen molar-refractivity contribution < 1.29 is 13.6 Å². The number of furan rings is 1. The van der Waals surface area contributed by atoms with Crippen molar-refractivity contribution in [1.29, 1.82) is 5.26 Å². The van der Waals surface area contributed by atoms with Gasteiger partial charge in [-0.3, -0.25) is 0 Å². The van der Waals surface area contributed by atoms with Gasteiger partial charge in [0, 0.05) is 6.54 Å². The second kappa shape index (κ2) is 7.50. The van der Waals surface area contributed by atoms with E-state index in [0.717, 1.165) is 17.1 Å². The molecular weight excluding hydrogens is 342 g/mol. The van der Waals surface area contributed by atoms with Crippen LogP contribution in [0.5, 0.6) is 11.5 Å². The fraction of sp³-hybridized carbons (Fsp3) is 0.0476. The van der Waals surface area contributed by atoms with Crippen molar-refractivity contribution in [3.63, 3.8) is 0 Å². The number of hydrogen-bond acceptors (Lipinski definition) is 6. The van der Waals surface area contributed by atoms with Crippen molar-refractivity contribution >= 4 is 5.88 Å². The van der Waals surface area contributed by atoms with E-state index in [1.807, 2.05) is 60.7 Å². The molecule has 0 amide bonds. The van der Waals surface area contributed by atoms with Crippen LogP contribution in [0.25, 0.3) is 11.7 Å². The van der Waals surface area contributed by atoms with Crippen molar-refractivity contribution in [1.82, 2.24) is 4.98 Å². The summed E-state index contributed by atoms with van der Waals surface area (Å²) < 4.78 is 16.6. The molecule has 2 aromatic carbocycles. The van der Waals surface area contributed by atoms with Gasteiger partial charge in [-0.1, -0.05) is 30.3 Å². The summed E-state index contributed by atoms with van der Waals surface area (Å²) in [6, 6.07) is 22.8. The maximum absolute atomic E-state index is 9.24. The third-order valence-corrected chi connectivity index (χ3v) is 3.82. The van der Waals surface area contributed by atoms with Crippen LogP contribution in [0.3, 0.4) is 0 Å². The summed E-state index contributed by atoms with van der Waals surface area (Å²) in [7, 11) is 0. The summed E-state index contributed by atoms with van der Waals surface area (Å²) in [5.74, 6) is 2.60. The third kappa shape index (κ3) is 3.83. The Morgan fingerprint density at radius 1 is 0.963 bits per heavy atom. The second-order valence-corrected chi connectivity index (χ2v) is 5.70. The Balaban J connectivity index is 1.42. The Morgan fingerprint density at radius 2 is 1.74 bits per heavy atom. The Labute approximate surface area is 155 Å². The standard InChI is InChI=1S/C21H15N3O3/c22-13-18-20(27-21(24-18)19-7-4-12-25-19)23-14-15-8-10-17(11-9-15)26-16-5-2-1-3-6-16/h1-12,23H,14H2. The molecule has 0 radical (unpaired) electrons. The van der Waals surface area contributed by atoms with Crippen LogP contribution in [-0.4, -0.2) is 4.98 Å². The van der Waals surface area contributed by atoms with Crippen molar-refractivity contribution in [3.05, 3.63) is 84.3 Å². The summed E-state index contributed by atoms with van der Waals surface area (Å²) in [6.07, 6.45) is 1.53. The fourth-order valence-corrected chi connectivity index (χ4v) is 2.50. The van der Waals surface area contributed by atoms with Gasteiger partial charge in [-0.2, -0.15) is 10.2 Å². The number of hydrogen-bond donors (Lipinski definition) is 1. The number of benzene rings is 2. The second-order valence-electron chi connectivity index (χ2n) is 5.70. The molecule has 2 aromatic heterocycles. The number of nitriles is 1. The van der Waals surface area contributed by atoms with Gasteiger partial charge in [-0.05, 0) is 42.0 Å². The van der Waals surface area contributed by atoms with Gasteiger partial charge in [0.05, 0.1) is 6.26 Å². The summed E-state index contributed by atoms with van der Waals surface area (Å²) in [5, 5.41) is 12.3. The monoisotopic (exact) mass is 357 g/mol. The molecule has 0 atom stereocenters. The van der Waals surface area contributed by atoms with Gasteiger partial charge in [0.2, 0.25) is 11.6 Å². The number of ether oxygens (including phenoxy) is 1. The number of nitrogens with one attached hydrogen (secondary N) is 1. The molecule has 0 fully saturated rings. The summed E-state index contributed by atoms with van der Waals surface area (Å²) in [5.41, 5.74) is 1.20. The predicted molar refractivity (Wildman–Crippen MR) is 99.2 cm³/mol. The average molecular weight is 357 g/mol. The maximum atomic E-state index is 9.24. The number of anilines is 1. The molecule has 0 saturated heterocycles. The van der Waals surface area contributed by atoms with Crippen LogP contribution in [0.4, 0.5) is 5.88 Å². The van der Waals surface area contributed by atoms with Gasteiger partial charge in [-0.15, -0.1) is 0 Å². The lowest BCUT2D eigenvalue weighted by molar-refractivity contribution is 0.482. The highest BCUT2D eigenvalue weighted by molar-refractivity contribution is 5.54. The van der Waals surface area contributed by atoms with Gasteiger partial charge >= 0.3 is 0 Å². The normalized spacial score (nSPS) is 10.3. The molecule has 0 aliphatic heterocycles. The van der Waals surface area contributed by atoms with Gasteiger partial charge in [0.1, 0.15) is 17.6 Å². The van der Waals surface area contributed by atoms with Crippen LogP contribution in [-0.2, 0) is 6.54 Å². The molecule has 0 aliphatic carbocycles. The van der Waals surface area contributed by atoms with E-state index >= 15 is 0 Å². The van der Waals surface area contributed by atoms with E-state index in [2.05, 4.69) is 10.3 Å². The lowest BCUT2D eigenvalue weighted by Crippen LogP contribution is -1.99. The quantitative estimate of drug-likeness (QED) is 0.510. The molecule has 0 saturated carbocycles. The topological polar surface area (TPSA) is 84.2 Å². The third-order valence-electron chi connectivity index (χ3n) is 3.82. The molecule has 27 heavy (non-hydrogen) atoms. The first-order chi connectivity index (χ1) is 13.3. The molecule has 2 heterocycles. The van der Waals surface area contributed by atoms with E-state index in [1.165, 1.54) is 6.26 Å². The van der Waals surface area contributed by atoms with Crippen LogP contribution in [0.15, 0.2) is 81.8 Å². The number of aromatic nitrogens is 1. The van der Waals surface area contributed by atoms with E-state index in [-0.39, 0.29) is 11.6 Å². The van der Waals surface area contributed by atoms with Crippen molar-refractivity contribution in [2.24, 2.45) is 0 Å². The Morgan fingerprint density at radius 3 is 2.44 bits per heavy atom. The summed E-state index contributed by atoms with van der Waals surface area (Å²) >= 11 is 0. The molecule has 0 spiro atoms.